The van der Waals surface area contributed by atoms with Gasteiger partial charge in [-0.05, 0) is 24.3 Å². The maximum Gasteiger partial charge on any atom is 0.416 e. The fourth-order valence-corrected chi connectivity index (χ4v) is 1.53. The molecule has 2 rings (SSSR count). The maximum atomic E-state index is 13.0. The van der Waals surface area contributed by atoms with E-state index in [1.165, 1.54) is 0 Å². The van der Waals surface area contributed by atoms with Crippen molar-refractivity contribution in [1.82, 2.24) is 4.98 Å². The molecule has 1 heterocycles. The fourth-order valence-electron chi connectivity index (χ4n) is 1.53. The molecule has 2 nitrogen and oxygen atoms in total. The maximum absolute atomic E-state index is 13.0. The predicted octanol–water partition coefficient (Wildman–Crippen LogP) is 3.34. The molecule has 0 fully saturated rings. The lowest BCUT2D eigenvalue weighted by Crippen LogP contribution is -2.13. The highest BCUT2D eigenvalue weighted by atomic mass is 19.4. The van der Waals surface area contributed by atoms with Crippen LogP contribution in [0.15, 0.2) is 35.1 Å². The van der Waals surface area contributed by atoms with Crippen molar-refractivity contribution in [3.63, 3.8) is 0 Å². The van der Waals surface area contributed by atoms with Crippen LogP contribution in [0, 0.1) is 11.6 Å². The Morgan fingerprint density at radius 2 is 1.63 bits per heavy atom. The molecule has 0 atom stereocenters. The SMILES string of the molecule is O=c1cc(C(F)(F)F)cc(-c2ccc(F)c(F)c2)[nH]1. The van der Waals surface area contributed by atoms with Crippen LogP contribution in [0.1, 0.15) is 5.56 Å². The molecule has 7 heteroatoms. The first-order chi connectivity index (χ1) is 8.77. The number of H-pyrrole nitrogens is 1. The predicted molar refractivity (Wildman–Crippen MR) is 57.4 cm³/mol. The number of halogens is 5. The van der Waals surface area contributed by atoms with Crippen molar-refractivity contribution in [3.8, 4) is 11.3 Å². The molecule has 0 saturated carbocycles. The van der Waals surface area contributed by atoms with E-state index in [1.54, 1.807) is 0 Å². The summed E-state index contributed by atoms with van der Waals surface area (Å²) in [5.74, 6) is -2.34. The third-order valence-electron chi connectivity index (χ3n) is 2.40. The first kappa shape index (κ1) is 13.3. The average Bonchev–Trinajstić information content (AvgIpc) is 2.31. The standard InChI is InChI=1S/C12H6F5NO/c13-8-2-1-6(3-9(8)14)10-4-7(12(15,16)17)5-11(19)18-10/h1-5H,(H,18,19). The third kappa shape index (κ3) is 2.81. The van der Waals surface area contributed by atoms with Gasteiger partial charge in [-0.2, -0.15) is 13.2 Å². The van der Waals surface area contributed by atoms with Crippen LogP contribution in [0.4, 0.5) is 22.0 Å². The lowest BCUT2D eigenvalue weighted by Gasteiger charge is -2.08. The van der Waals surface area contributed by atoms with Crippen molar-refractivity contribution in [2.45, 2.75) is 6.18 Å². The molecule has 0 bridgehead atoms. The Kier molecular flexibility index (Phi) is 3.13. The van der Waals surface area contributed by atoms with Crippen LogP contribution in [-0.4, -0.2) is 4.98 Å². The zero-order chi connectivity index (χ0) is 14.2. The zero-order valence-corrected chi connectivity index (χ0v) is 9.18. The highest BCUT2D eigenvalue weighted by molar-refractivity contribution is 5.59. The van der Waals surface area contributed by atoms with E-state index in [0.717, 1.165) is 12.1 Å². The van der Waals surface area contributed by atoms with E-state index in [2.05, 4.69) is 4.98 Å². The van der Waals surface area contributed by atoms with E-state index in [0.29, 0.717) is 18.2 Å². The number of rotatable bonds is 1. The van der Waals surface area contributed by atoms with E-state index in [-0.39, 0.29) is 11.3 Å². The molecule has 0 radical (unpaired) electrons. The van der Waals surface area contributed by atoms with Crippen molar-refractivity contribution < 1.29 is 22.0 Å². The summed E-state index contributed by atoms with van der Waals surface area (Å²) in [6.07, 6.45) is -4.69. The summed E-state index contributed by atoms with van der Waals surface area (Å²) in [6, 6.07) is 3.60. The van der Waals surface area contributed by atoms with Gasteiger partial charge in [-0.1, -0.05) is 0 Å². The van der Waals surface area contributed by atoms with Gasteiger partial charge in [0, 0.05) is 17.3 Å². The molecule has 100 valence electrons. The quantitative estimate of drug-likeness (QED) is 0.795. The molecule has 1 aromatic carbocycles. The normalized spacial score (nSPS) is 11.6. The number of pyridine rings is 1. The summed E-state index contributed by atoms with van der Waals surface area (Å²) < 4.78 is 63.3. The molecule has 0 spiro atoms. The van der Waals surface area contributed by atoms with Crippen molar-refractivity contribution in [1.29, 1.82) is 0 Å². The van der Waals surface area contributed by atoms with Crippen LogP contribution in [0.5, 0.6) is 0 Å². The van der Waals surface area contributed by atoms with Crippen molar-refractivity contribution >= 4 is 0 Å². The summed E-state index contributed by atoms with van der Waals surface area (Å²) in [6.45, 7) is 0. The molecular weight excluding hydrogens is 269 g/mol. The Morgan fingerprint density at radius 1 is 0.947 bits per heavy atom. The molecule has 2 aromatic rings. The number of benzene rings is 1. The zero-order valence-electron chi connectivity index (χ0n) is 9.18. The Balaban J connectivity index is 2.59. The van der Waals surface area contributed by atoms with E-state index < -0.39 is 28.9 Å². The molecule has 0 aliphatic heterocycles. The van der Waals surface area contributed by atoms with Crippen molar-refractivity contribution in [2.24, 2.45) is 0 Å². The second-order valence-corrected chi connectivity index (χ2v) is 3.77. The Hall–Kier alpha value is -2.18. The molecule has 0 aliphatic carbocycles. The largest absolute Gasteiger partial charge is 0.416 e. The second-order valence-electron chi connectivity index (χ2n) is 3.77. The molecule has 1 aromatic heterocycles. The summed E-state index contributed by atoms with van der Waals surface area (Å²) in [5.41, 5.74) is -2.42. The number of nitrogens with one attached hydrogen (secondary N) is 1. The molecule has 1 N–H and O–H groups in total. The lowest BCUT2D eigenvalue weighted by atomic mass is 10.1. The molecule has 19 heavy (non-hydrogen) atoms. The number of hydrogen-bond donors (Lipinski definition) is 1. The van der Waals surface area contributed by atoms with Gasteiger partial charge in [-0.3, -0.25) is 4.79 Å². The highest BCUT2D eigenvalue weighted by Crippen LogP contribution is 2.30. The highest BCUT2D eigenvalue weighted by Gasteiger charge is 2.31. The fraction of sp³-hybridized carbons (Fsp3) is 0.0833. The van der Waals surface area contributed by atoms with Crippen LogP contribution in [-0.2, 0) is 6.18 Å². The van der Waals surface area contributed by atoms with Crippen molar-refractivity contribution in [3.05, 3.63) is 57.9 Å². The molecule has 0 unspecified atom stereocenters. The number of alkyl halides is 3. The monoisotopic (exact) mass is 275 g/mol. The van der Waals surface area contributed by atoms with Gasteiger partial charge in [0.1, 0.15) is 0 Å². The average molecular weight is 275 g/mol. The van der Waals surface area contributed by atoms with Crippen LogP contribution in [0.25, 0.3) is 11.3 Å². The molecule has 0 saturated heterocycles. The minimum atomic E-state index is -4.69. The van der Waals surface area contributed by atoms with Gasteiger partial charge in [0.15, 0.2) is 11.6 Å². The first-order valence-electron chi connectivity index (χ1n) is 5.04. The lowest BCUT2D eigenvalue weighted by molar-refractivity contribution is -0.137. The van der Waals surface area contributed by atoms with Crippen LogP contribution < -0.4 is 5.56 Å². The van der Waals surface area contributed by atoms with Gasteiger partial charge in [0.25, 0.3) is 0 Å². The number of hydrogen-bond acceptors (Lipinski definition) is 1. The van der Waals surface area contributed by atoms with Gasteiger partial charge < -0.3 is 4.98 Å². The van der Waals surface area contributed by atoms with Gasteiger partial charge >= 0.3 is 6.18 Å². The first-order valence-corrected chi connectivity index (χ1v) is 5.04. The van der Waals surface area contributed by atoms with E-state index in [1.807, 2.05) is 0 Å². The summed E-state index contributed by atoms with van der Waals surface area (Å²) in [7, 11) is 0. The Morgan fingerprint density at radius 3 is 2.21 bits per heavy atom. The minimum absolute atomic E-state index is 0.0536. The Bertz CT molecular complexity index is 675. The van der Waals surface area contributed by atoms with Crippen LogP contribution in [0.2, 0.25) is 0 Å². The summed E-state index contributed by atoms with van der Waals surface area (Å²) >= 11 is 0. The smallest absolute Gasteiger partial charge is 0.322 e. The third-order valence-corrected chi connectivity index (χ3v) is 2.40. The van der Waals surface area contributed by atoms with Crippen molar-refractivity contribution in [2.75, 3.05) is 0 Å². The van der Waals surface area contributed by atoms with Gasteiger partial charge in [0.2, 0.25) is 5.56 Å². The van der Waals surface area contributed by atoms with E-state index >= 15 is 0 Å². The van der Waals surface area contributed by atoms with Gasteiger partial charge in [0.05, 0.1) is 5.56 Å². The van der Waals surface area contributed by atoms with Crippen LogP contribution >= 0.6 is 0 Å². The topological polar surface area (TPSA) is 32.9 Å². The van der Waals surface area contributed by atoms with Gasteiger partial charge in [-0.15, -0.1) is 0 Å². The second kappa shape index (κ2) is 4.49. The van der Waals surface area contributed by atoms with Gasteiger partial charge in [-0.25, -0.2) is 8.78 Å². The summed E-state index contributed by atoms with van der Waals surface area (Å²) in [4.78, 5) is 13.3. The minimum Gasteiger partial charge on any atom is -0.322 e. The number of aromatic amines is 1. The Labute approximate surface area is 103 Å². The molecule has 0 amide bonds. The number of aromatic nitrogens is 1. The van der Waals surface area contributed by atoms with E-state index in [4.69, 9.17) is 0 Å². The summed E-state index contributed by atoms with van der Waals surface area (Å²) in [5, 5.41) is 0. The van der Waals surface area contributed by atoms with E-state index in [9.17, 15) is 26.7 Å². The molecular formula is C12H6F5NO. The van der Waals surface area contributed by atoms with Crippen LogP contribution in [0.3, 0.4) is 0 Å². The molecule has 0 aliphatic rings.